The van der Waals surface area contributed by atoms with Crippen molar-refractivity contribution < 1.29 is 26.3 Å². The maximum Gasteiger partial charge on any atom is 0.416 e. The van der Waals surface area contributed by atoms with Crippen LogP contribution in [0.1, 0.15) is 18.1 Å². The third kappa shape index (κ3) is 4.64. The molecule has 3 rings (SSSR count). The molecule has 152 valence electrons. The maximum absolute atomic E-state index is 13.1. The summed E-state index contributed by atoms with van der Waals surface area (Å²) in [6.07, 6.45) is -9.03. The molecule has 0 aliphatic rings. The molecule has 0 atom stereocenters. The number of hydrogen-bond donors (Lipinski definition) is 1. The zero-order valence-electron chi connectivity index (χ0n) is 14.9. The minimum Gasteiger partial charge on any atom is -0.367 e. The average molecular weight is 412 g/mol. The van der Waals surface area contributed by atoms with Gasteiger partial charge in [-0.25, -0.2) is 4.98 Å². The second kappa shape index (κ2) is 7.69. The molecule has 1 heterocycles. The van der Waals surface area contributed by atoms with Crippen molar-refractivity contribution in [3.63, 3.8) is 0 Å². The van der Waals surface area contributed by atoms with Crippen molar-refractivity contribution in [1.82, 2.24) is 15.2 Å². The summed E-state index contributed by atoms with van der Waals surface area (Å²) >= 11 is 0. The van der Waals surface area contributed by atoms with Gasteiger partial charge in [0.15, 0.2) is 11.6 Å². The standard InChI is InChI=1S/C19H14F6N4/c1-2-26-17-15(12-4-3-5-14(10-12)19(23,24)25)27-16(28-29-17)11-6-8-13(9-7-11)18(20,21)22/h3-10H,2H2,1H3,(H,26,29). The largest absolute Gasteiger partial charge is 0.416 e. The lowest BCUT2D eigenvalue weighted by Crippen LogP contribution is -2.08. The molecule has 0 fully saturated rings. The number of alkyl halides is 6. The summed E-state index contributed by atoms with van der Waals surface area (Å²) < 4.78 is 77.4. The van der Waals surface area contributed by atoms with E-state index in [0.717, 1.165) is 24.3 Å². The number of aromatic nitrogens is 3. The van der Waals surface area contributed by atoms with Gasteiger partial charge in [0.1, 0.15) is 5.69 Å². The Kier molecular flexibility index (Phi) is 5.45. The molecule has 0 radical (unpaired) electrons. The van der Waals surface area contributed by atoms with E-state index in [2.05, 4.69) is 20.5 Å². The Hall–Kier alpha value is -3.17. The molecule has 3 aromatic rings. The van der Waals surface area contributed by atoms with Crippen LogP contribution in [0.3, 0.4) is 0 Å². The normalized spacial score (nSPS) is 12.1. The van der Waals surface area contributed by atoms with E-state index in [1.54, 1.807) is 6.92 Å². The van der Waals surface area contributed by atoms with Crippen molar-refractivity contribution in [2.24, 2.45) is 0 Å². The summed E-state index contributed by atoms with van der Waals surface area (Å²) in [5.74, 6) is 0.162. The van der Waals surface area contributed by atoms with Crippen LogP contribution < -0.4 is 5.32 Å². The number of halogens is 6. The Morgan fingerprint density at radius 2 is 1.45 bits per heavy atom. The maximum atomic E-state index is 13.1. The Labute approximate surface area is 161 Å². The quantitative estimate of drug-likeness (QED) is 0.561. The first-order valence-corrected chi connectivity index (χ1v) is 8.43. The van der Waals surface area contributed by atoms with E-state index >= 15 is 0 Å². The Balaban J connectivity index is 2.08. The van der Waals surface area contributed by atoms with Crippen LogP contribution in [-0.2, 0) is 12.4 Å². The van der Waals surface area contributed by atoms with Gasteiger partial charge in [-0.15, -0.1) is 10.2 Å². The molecule has 0 bridgehead atoms. The first kappa shape index (κ1) is 20.6. The first-order chi connectivity index (χ1) is 13.6. The van der Waals surface area contributed by atoms with E-state index in [9.17, 15) is 26.3 Å². The first-order valence-electron chi connectivity index (χ1n) is 8.43. The van der Waals surface area contributed by atoms with E-state index in [-0.39, 0.29) is 28.5 Å². The van der Waals surface area contributed by atoms with Gasteiger partial charge in [-0.2, -0.15) is 26.3 Å². The van der Waals surface area contributed by atoms with Crippen molar-refractivity contribution in [3.8, 4) is 22.6 Å². The third-order valence-corrected chi connectivity index (χ3v) is 3.96. The molecule has 1 aromatic heterocycles. The number of rotatable bonds is 4. The summed E-state index contributed by atoms with van der Waals surface area (Å²) in [6, 6.07) is 8.67. The molecule has 0 aliphatic carbocycles. The van der Waals surface area contributed by atoms with Crippen molar-refractivity contribution in [2.75, 3.05) is 11.9 Å². The van der Waals surface area contributed by atoms with Gasteiger partial charge in [0.2, 0.25) is 0 Å². The molecule has 0 spiro atoms. The summed E-state index contributed by atoms with van der Waals surface area (Å²) in [7, 11) is 0. The predicted molar refractivity (Wildman–Crippen MR) is 94.9 cm³/mol. The second-order valence-electron chi connectivity index (χ2n) is 6.02. The van der Waals surface area contributed by atoms with Crippen LogP contribution in [0.2, 0.25) is 0 Å². The van der Waals surface area contributed by atoms with Crippen LogP contribution >= 0.6 is 0 Å². The van der Waals surface area contributed by atoms with Crippen LogP contribution in [-0.4, -0.2) is 21.7 Å². The molecule has 0 saturated heterocycles. The average Bonchev–Trinajstić information content (AvgIpc) is 2.67. The monoisotopic (exact) mass is 412 g/mol. The lowest BCUT2D eigenvalue weighted by molar-refractivity contribution is -0.138. The van der Waals surface area contributed by atoms with Crippen molar-refractivity contribution in [2.45, 2.75) is 19.3 Å². The fourth-order valence-electron chi connectivity index (χ4n) is 2.59. The molecule has 2 aromatic carbocycles. The summed E-state index contributed by atoms with van der Waals surface area (Å²) in [5, 5.41) is 10.7. The van der Waals surface area contributed by atoms with E-state index in [4.69, 9.17) is 0 Å². The second-order valence-corrected chi connectivity index (χ2v) is 6.02. The Morgan fingerprint density at radius 3 is 2.03 bits per heavy atom. The zero-order chi connectivity index (χ0) is 21.2. The highest BCUT2D eigenvalue weighted by atomic mass is 19.4. The third-order valence-electron chi connectivity index (χ3n) is 3.96. The van der Waals surface area contributed by atoms with Gasteiger partial charge >= 0.3 is 12.4 Å². The molecular weight excluding hydrogens is 398 g/mol. The zero-order valence-corrected chi connectivity index (χ0v) is 14.9. The minimum atomic E-state index is -4.54. The van der Waals surface area contributed by atoms with Crippen LogP contribution in [0.4, 0.5) is 32.2 Å². The molecule has 1 N–H and O–H groups in total. The number of nitrogens with one attached hydrogen (secondary N) is 1. The molecule has 0 amide bonds. The topological polar surface area (TPSA) is 50.7 Å². The molecule has 4 nitrogen and oxygen atoms in total. The van der Waals surface area contributed by atoms with Crippen molar-refractivity contribution >= 4 is 5.82 Å². The lowest BCUT2D eigenvalue weighted by Gasteiger charge is -2.12. The fraction of sp³-hybridized carbons (Fsp3) is 0.211. The van der Waals surface area contributed by atoms with Crippen LogP contribution in [0, 0.1) is 0 Å². The van der Waals surface area contributed by atoms with Gasteiger partial charge in [-0.3, -0.25) is 0 Å². The SMILES string of the molecule is CCNc1nnc(-c2ccc(C(F)(F)F)cc2)nc1-c1cccc(C(F)(F)F)c1. The molecule has 29 heavy (non-hydrogen) atoms. The van der Waals surface area contributed by atoms with Gasteiger partial charge in [0.05, 0.1) is 11.1 Å². The highest BCUT2D eigenvalue weighted by Gasteiger charge is 2.31. The van der Waals surface area contributed by atoms with Gasteiger partial charge in [0, 0.05) is 17.7 Å². The highest BCUT2D eigenvalue weighted by Crippen LogP contribution is 2.34. The predicted octanol–water partition coefficient (Wildman–Crippen LogP) is 5.68. The van der Waals surface area contributed by atoms with E-state index in [1.165, 1.54) is 24.3 Å². The number of benzene rings is 2. The fourth-order valence-corrected chi connectivity index (χ4v) is 2.59. The Bertz CT molecular complexity index is 997. The van der Waals surface area contributed by atoms with E-state index in [0.29, 0.717) is 6.54 Å². The van der Waals surface area contributed by atoms with Gasteiger partial charge in [0.25, 0.3) is 0 Å². The highest BCUT2D eigenvalue weighted by molar-refractivity contribution is 5.73. The summed E-state index contributed by atoms with van der Waals surface area (Å²) in [4.78, 5) is 4.26. The molecular formula is C19H14F6N4. The van der Waals surface area contributed by atoms with E-state index in [1.807, 2.05) is 0 Å². The molecule has 10 heteroatoms. The number of nitrogens with zero attached hydrogens (tertiary/aromatic N) is 3. The minimum absolute atomic E-state index is 0.00668. The summed E-state index contributed by atoms with van der Waals surface area (Å²) in [6.45, 7) is 2.18. The van der Waals surface area contributed by atoms with Crippen LogP contribution in [0.5, 0.6) is 0 Å². The van der Waals surface area contributed by atoms with Gasteiger partial charge in [-0.05, 0) is 31.2 Å². The lowest BCUT2D eigenvalue weighted by atomic mass is 10.1. The van der Waals surface area contributed by atoms with Gasteiger partial charge < -0.3 is 5.32 Å². The van der Waals surface area contributed by atoms with Crippen LogP contribution in [0.15, 0.2) is 48.5 Å². The summed E-state index contributed by atoms with van der Waals surface area (Å²) in [5.41, 5.74) is -1.17. The Morgan fingerprint density at radius 1 is 0.793 bits per heavy atom. The van der Waals surface area contributed by atoms with Gasteiger partial charge in [-0.1, -0.05) is 24.3 Å². The smallest absolute Gasteiger partial charge is 0.367 e. The molecule has 0 aliphatic heterocycles. The van der Waals surface area contributed by atoms with Crippen molar-refractivity contribution in [3.05, 3.63) is 59.7 Å². The molecule has 0 unspecified atom stereocenters. The van der Waals surface area contributed by atoms with E-state index < -0.39 is 23.5 Å². The number of anilines is 1. The number of hydrogen-bond acceptors (Lipinski definition) is 4. The van der Waals surface area contributed by atoms with Crippen LogP contribution in [0.25, 0.3) is 22.6 Å². The molecule has 0 saturated carbocycles. The van der Waals surface area contributed by atoms with Crippen molar-refractivity contribution in [1.29, 1.82) is 0 Å².